The third-order valence-electron chi connectivity index (χ3n) is 5.33. The van der Waals surface area contributed by atoms with E-state index in [0.717, 1.165) is 6.92 Å². The normalized spacial score (nSPS) is 15.3. The van der Waals surface area contributed by atoms with E-state index in [2.05, 4.69) is 5.32 Å². The molecule has 27 heteroatoms. The number of nitrogens with one attached hydrogen (secondary N) is 1. The second-order valence-electron chi connectivity index (χ2n) is 8.10. The number of hydrogen-bond acceptors (Lipinski definition) is 8. The van der Waals surface area contributed by atoms with Crippen LogP contribution in [0.5, 0.6) is 0 Å². The Kier molecular flexibility index (Phi) is 13.7. The highest BCUT2D eigenvalue weighted by Gasteiger charge is 2.68. The highest BCUT2D eigenvalue weighted by atomic mass is 31.2. The Morgan fingerprint density at radius 3 is 1.18 bits per heavy atom. The molecule has 0 radical (unpaired) electrons. The van der Waals surface area contributed by atoms with Gasteiger partial charge >= 0.3 is 45.6 Å². The van der Waals surface area contributed by atoms with Crippen molar-refractivity contribution in [2.24, 2.45) is 0 Å². The van der Waals surface area contributed by atoms with E-state index in [1.54, 1.807) is 0 Å². The van der Waals surface area contributed by atoms with Crippen molar-refractivity contribution in [1.82, 2.24) is 10.2 Å². The van der Waals surface area contributed by atoms with Crippen molar-refractivity contribution < 1.29 is 90.6 Å². The lowest BCUT2D eigenvalue weighted by atomic mass is 10.4. The third-order valence-corrected chi connectivity index (χ3v) is 16.8. The van der Waals surface area contributed by atoms with Gasteiger partial charge in [0, 0.05) is 19.6 Å². The average Bonchev–Trinajstić information content (AvgIpc) is 2.59. The first-order valence-corrected chi connectivity index (χ1v) is 20.3. The monoisotopic (exact) mass is 682 g/mol. The lowest BCUT2D eigenvalue weighted by Crippen LogP contribution is -2.62. The van der Waals surface area contributed by atoms with Crippen LogP contribution in [0.15, 0.2) is 0 Å². The molecule has 0 unspecified atom stereocenters. The van der Waals surface area contributed by atoms with E-state index in [9.17, 15) is 86.1 Å². The molecule has 21 nitrogen and oxygen atoms in total. The Labute approximate surface area is 216 Å². The number of nitrogens with zero attached hydrogens (tertiary/aromatic N) is 2. The summed E-state index contributed by atoms with van der Waals surface area (Å²) in [4.78, 5) is 116. The van der Waals surface area contributed by atoms with E-state index in [4.69, 9.17) is 0 Å². The van der Waals surface area contributed by atoms with E-state index in [1.165, 1.54) is 6.92 Å². The Morgan fingerprint density at radius 1 is 0.605 bits per heavy atom. The number of hydrogen-bond donors (Lipinski definition) is 13. The Balaban J connectivity index is 6.39. The summed E-state index contributed by atoms with van der Waals surface area (Å²) in [5.74, 6) is 0. The molecule has 0 heterocycles. The number of quaternary nitrogens is 1. The van der Waals surface area contributed by atoms with Crippen molar-refractivity contribution in [2.45, 2.75) is 30.4 Å². The van der Waals surface area contributed by atoms with Crippen LogP contribution in [-0.2, 0) is 27.4 Å². The van der Waals surface area contributed by atoms with Gasteiger partial charge in [-0.05, 0) is 13.5 Å². The van der Waals surface area contributed by atoms with Gasteiger partial charge in [-0.3, -0.25) is 36.8 Å². The Hall–Kier alpha value is 0.780. The van der Waals surface area contributed by atoms with Gasteiger partial charge in [-0.1, -0.05) is 6.92 Å². The Morgan fingerprint density at radius 2 is 0.947 bits per heavy atom. The van der Waals surface area contributed by atoms with Gasteiger partial charge in [-0.2, -0.15) is 0 Å². The lowest BCUT2D eigenvalue weighted by Gasteiger charge is -2.47. The minimum Gasteiger partial charge on any atom is -0.323 e. The van der Waals surface area contributed by atoms with Gasteiger partial charge in [0.15, 0.2) is 0 Å². The number of likely N-dealkylation sites (N-methyl/N-ethyl adjacent to an activating group) is 2. The fraction of sp³-hybridized carbons (Fsp3) is 1.00. The van der Waals surface area contributed by atoms with Crippen LogP contribution >= 0.6 is 45.6 Å². The highest BCUT2D eigenvalue weighted by molar-refractivity contribution is 7.72. The van der Waals surface area contributed by atoms with Gasteiger partial charge < -0.3 is 64.0 Å². The molecule has 38 heavy (non-hydrogen) atoms. The molecule has 0 aromatic heterocycles. The van der Waals surface area contributed by atoms with Gasteiger partial charge in [-0.15, -0.1) is 0 Å². The van der Waals surface area contributed by atoms with Crippen LogP contribution in [0.4, 0.5) is 0 Å². The van der Waals surface area contributed by atoms with Gasteiger partial charge in [-0.25, -0.2) is 0 Å². The third kappa shape index (κ3) is 10.6. The van der Waals surface area contributed by atoms with E-state index in [1.807, 2.05) is 0 Å². The van der Waals surface area contributed by atoms with Gasteiger partial charge in [0.2, 0.25) is 5.52 Å². The van der Waals surface area contributed by atoms with Crippen LogP contribution in [0.1, 0.15) is 13.8 Å². The standard InChI is InChI=1S/C11H33N3O18P6/c1-3-13(9(33(15,16)17)34(18,19)20)7-5-12-6-8-14(4-2,10(35(21,22)23)36(24,25)26)11(37(27,28)29)38(30,31)32/h9-12H,3-8H2,1-2H3,(H11-,15,16,17,18,19,20,21,22,23,24,25,26,27,28,29,30,31,32)/p+1. The van der Waals surface area contributed by atoms with Crippen molar-refractivity contribution in [1.29, 1.82) is 0 Å². The second kappa shape index (κ2) is 13.4. The highest BCUT2D eigenvalue weighted by Crippen LogP contribution is 2.71. The smallest absolute Gasteiger partial charge is 0.323 e. The van der Waals surface area contributed by atoms with E-state index in [-0.39, 0.29) is 6.54 Å². The van der Waals surface area contributed by atoms with Crippen LogP contribution in [0, 0.1) is 0 Å². The minimum absolute atomic E-state index is 0.297. The molecule has 0 bridgehead atoms. The van der Waals surface area contributed by atoms with Crippen molar-refractivity contribution in [3.05, 3.63) is 0 Å². The molecular formula is C11H34N3O18P6+. The van der Waals surface area contributed by atoms with E-state index < -0.39 is 99.4 Å². The van der Waals surface area contributed by atoms with Gasteiger partial charge in [0.05, 0.1) is 13.1 Å². The van der Waals surface area contributed by atoms with Crippen LogP contribution in [0.2, 0.25) is 0 Å². The molecule has 0 amide bonds. The predicted octanol–water partition coefficient (Wildman–Crippen LogP) is -2.35. The average molecular weight is 682 g/mol. The summed E-state index contributed by atoms with van der Waals surface area (Å²) in [6.07, 6.45) is 0. The van der Waals surface area contributed by atoms with Crippen molar-refractivity contribution in [3.8, 4) is 0 Å². The molecule has 0 saturated heterocycles. The topological polar surface area (TPSA) is 360 Å². The van der Waals surface area contributed by atoms with E-state index in [0.29, 0.717) is 4.90 Å². The lowest BCUT2D eigenvalue weighted by molar-refractivity contribution is -0.927. The first-order chi connectivity index (χ1) is 16.6. The SMILES string of the molecule is CCN(CCNCC[N+](CC)(C(P(=O)(O)O)P(=O)(O)O)C(P(=O)(O)O)P(=O)(O)O)C(P(=O)(O)O)P(=O)(O)O. The van der Waals surface area contributed by atoms with Crippen LogP contribution in [0.3, 0.4) is 0 Å². The summed E-state index contributed by atoms with van der Waals surface area (Å²) >= 11 is 0. The molecule has 230 valence electrons. The fourth-order valence-corrected chi connectivity index (χ4v) is 14.7. The molecule has 0 rings (SSSR count). The minimum atomic E-state index is -6.04. The first-order valence-electron chi connectivity index (χ1n) is 10.2. The summed E-state index contributed by atoms with van der Waals surface area (Å²) in [6.45, 7) is -1.81. The summed E-state index contributed by atoms with van der Waals surface area (Å²) in [7, 11) is -34.9. The zero-order valence-corrected chi connectivity index (χ0v) is 25.2. The molecule has 13 N–H and O–H groups in total. The zero-order chi connectivity index (χ0) is 30.8. The van der Waals surface area contributed by atoms with Crippen molar-refractivity contribution in [2.75, 3.05) is 39.3 Å². The maximum atomic E-state index is 12.1. The summed E-state index contributed by atoms with van der Waals surface area (Å²) in [6, 6.07) is 0. The van der Waals surface area contributed by atoms with Gasteiger partial charge in [0.25, 0.3) is 11.0 Å². The summed E-state index contributed by atoms with van der Waals surface area (Å²) in [5.41, 5.74) is -9.16. The predicted molar refractivity (Wildman–Crippen MR) is 129 cm³/mol. The van der Waals surface area contributed by atoms with Crippen LogP contribution in [-0.4, -0.2) is 124 Å². The van der Waals surface area contributed by atoms with Crippen LogP contribution < -0.4 is 5.32 Å². The molecule has 0 fully saturated rings. The molecule has 0 aliphatic heterocycles. The molecule has 0 spiro atoms. The number of rotatable bonds is 17. The first kappa shape index (κ1) is 38.8. The molecule has 0 aromatic rings. The molecular weight excluding hydrogens is 648 g/mol. The summed E-state index contributed by atoms with van der Waals surface area (Å²) < 4.78 is 69.6. The van der Waals surface area contributed by atoms with Crippen molar-refractivity contribution >= 4 is 45.6 Å². The van der Waals surface area contributed by atoms with Gasteiger partial charge in [0.1, 0.15) is 0 Å². The molecule has 0 saturated carbocycles. The zero-order valence-electron chi connectivity index (χ0n) is 19.9. The molecule has 0 aliphatic rings. The maximum Gasteiger partial charge on any atom is 0.395 e. The molecule has 0 aliphatic carbocycles. The molecule has 0 aromatic carbocycles. The summed E-state index contributed by atoms with van der Waals surface area (Å²) in [5, 5.41) is 2.44. The quantitative estimate of drug-likeness (QED) is 0.0434. The second-order valence-corrected chi connectivity index (χ2v) is 19.3. The van der Waals surface area contributed by atoms with E-state index >= 15 is 0 Å². The largest absolute Gasteiger partial charge is 0.395 e. The molecule has 0 atom stereocenters. The fourth-order valence-electron chi connectivity index (χ4n) is 4.12. The Bertz CT molecular complexity index is 968. The maximum absolute atomic E-state index is 12.1. The van der Waals surface area contributed by atoms with Crippen molar-refractivity contribution in [3.63, 3.8) is 0 Å². The van der Waals surface area contributed by atoms with Crippen LogP contribution in [0.25, 0.3) is 0 Å².